The number of aliphatic carboxylic acids is 1. The number of carboxylic acids is 1. The second-order valence-electron chi connectivity index (χ2n) is 7.06. The van der Waals surface area contributed by atoms with Gasteiger partial charge in [-0.05, 0) is 42.7 Å². The van der Waals surface area contributed by atoms with E-state index in [4.69, 9.17) is 0 Å². The van der Waals surface area contributed by atoms with Gasteiger partial charge in [0.15, 0.2) is 0 Å². The van der Waals surface area contributed by atoms with Gasteiger partial charge in [-0.15, -0.1) is 0 Å². The summed E-state index contributed by atoms with van der Waals surface area (Å²) in [5, 5.41) is 12.5. The average Bonchev–Trinajstić information content (AvgIpc) is 3.16. The summed E-state index contributed by atoms with van der Waals surface area (Å²) in [7, 11) is 0. The van der Waals surface area contributed by atoms with Crippen LogP contribution >= 0.6 is 0 Å². The zero-order valence-corrected chi connectivity index (χ0v) is 14.2. The van der Waals surface area contributed by atoms with Gasteiger partial charge < -0.3 is 10.4 Å². The van der Waals surface area contributed by atoms with Crippen LogP contribution in [0.3, 0.4) is 0 Å². The van der Waals surface area contributed by atoms with Crippen LogP contribution in [0.1, 0.15) is 43.9 Å². The minimum Gasteiger partial charge on any atom is -0.481 e. The number of hydrogen-bond donors (Lipinski definition) is 2. The highest BCUT2D eigenvalue weighted by Gasteiger charge is 2.51. The van der Waals surface area contributed by atoms with Gasteiger partial charge in [-0.2, -0.15) is 0 Å². The van der Waals surface area contributed by atoms with Crippen molar-refractivity contribution < 1.29 is 14.7 Å². The summed E-state index contributed by atoms with van der Waals surface area (Å²) in [6, 6.07) is 8.17. The van der Waals surface area contributed by atoms with Crippen molar-refractivity contribution in [3.05, 3.63) is 47.5 Å². The lowest BCUT2D eigenvalue weighted by Crippen LogP contribution is -2.41. The van der Waals surface area contributed by atoms with Gasteiger partial charge in [0.25, 0.3) is 0 Å². The number of carbonyl (C=O) groups is 2. The Morgan fingerprint density at radius 1 is 1.17 bits per heavy atom. The van der Waals surface area contributed by atoms with E-state index in [0.717, 1.165) is 24.8 Å². The molecular formula is C20H25NO3. The number of carbonyl (C=O) groups excluding carboxylic acids is 1. The Hall–Kier alpha value is -2.10. The molecule has 0 aliphatic heterocycles. The first kappa shape index (κ1) is 16.7. The molecule has 0 spiro atoms. The van der Waals surface area contributed by atoms with Crippen molar-refractivity contribution >= 4 is 11.9 Å². The minimum atomic E-state index is -0.858. The highest BCUT2D eigenvalue weighted by molar-refractivity contribution is 5.87. The molecule has 128 valence electrons. The summed E-state index contributed by atoms with van der Waals surface area (Å²) >= 11 is 0. The summed E-state index contributed by atoms with van der Waals surface area (Å²) in [6.45, 7) is 4.10. The molecule has 2 aliphatic carbocycles. The molecule has 1 saturated carbocycles. The number of fused-ring (bicyclic) bond motifs is 2. The molecule has 5 atom stereocenters. The van der Waals surface area contributed by atoms with Crippen LogP contribution in [0.4, 0.5) is 0 Å². The number of benzene rings is 1. The topological polar surface area (TPSA) is 66.4 Å². The maximum Gasteiger partial charge on any atom is 0.307 e. The molecule has 0 aromatic heterocycles. The number of nitrogens with one attached hydrogen (secondary N) is 1. The molecule has 3 rings (SSSR count). The van der Waals surface area contributed by atoms with E-state index in [0.29, 0.717) is 0 Å². The number of rotatable bonds is 6. The first-order valence-corrected chi connectivity index (χ1v) is 8.81. The first-order chi connectivity index (χ1) is 11.5. The predicted molar refractivity (Wildman–Crippen MR) is 92.3 cm³/mol. The van der Waals surface area contributed by atoms with Crippen molar-refractivity contribution in [2.24, 2.45) is 23.7 Å². The van der Waals surface area contributed by atoms with Crippen molar-refractivity contribution in [3.8, 4) is 0 Å². The van der Waals surface area contributed by atoms with E-state index >= 15 is 0 Å². The molecule has 0 radical (unpaired) electrons. The molecule has 1 aromatic carbocycles. The van der Waals surface area contributed by atoms with Gasteiger partial charge in [0.1, 0.15) is 0 Å². The SMILES string of the molecule is CCCc1ccc([C@H](C)NC(=O)[C@@H]2[C@H](C(=O)O)[C@H]3C=C[C@H]2C3)cc1. The molecule has 0 saturated heterocycles. The number of aryl methyl sites for hydroxylation is 1. The second-order valence-corrected chi connectivity index (χ2v) is 7.06. The van der Waals surface area contributed by atoms with Gasteiger partial charge in [0.05, 0.1) is 17.9 Å². The maximum atomic E-state index is 12.7. The molecule has 2 bridgehead atoms. The number of amides is 1. The molecule has 2 aliphatic rings. The summed E-state index contributed by atoms with van der Waals surface area (Å²) < 4.78 is 0. The van der Waals surface area contributed by atoms with Crippen LogP contribution in [0.25, 0.3) is 0 Å². The lowest BCUT2D eigenvalue weighted by molar-refractivity contribution is -0.148. The van der Waals surface area contributed by atoms with E-state index < -0.39 is 17.8 Å². The Kier molecular flexibility index (Phi) is 4.74. The highest BCUT2D eigenvalue weighted by Crippen LogP contribution is 2.48. The molecule has 0 heterocycles. The second kappa shape index (κ2) is 6.80. The lowest BCUT2D eigenvalue weighted by atomic mass is 9.82. The van der Waals surface area contributed by atoms with Gasteiger partial charge >= 0.3 is 5.97 Å². The zero-order valence-electron chi connectivity index (χ0n) is 14.2. The first-order valence-electron chi connectivity index (χ1n) is 8.81. The van der Waals surface area contributed by atoms with E-state index in [9.17, 15) is 14.7 Å². The molecule has 1 amide bonds. The van der Waals surface area contributed by atoms with Gasteiger partial charge in [-0.3, -0.25) is 9.59 Å². The number of allylic oxidation sites excluding steroid dienone is 2. The van der Waals surface area contributed by atoms with Crippen LogP contribution < -0.4 is 5.32 Å². The molecule has 4 nitrogen and oxygen atoms in total. The largest absolute Gasteiger partial charge is 0.481 e. The Balaban J connectivity index is 1.67. The van der Waals surface area contributed by atoms with Crippen LogP contribution in [0.5, 0.6) is 0 Å². The Labute approximate surface area is 143 Å². The van der Waals surface area contributed by atoms with E-state index in [-0.39, 0.29) is 23.8 Å². The van der Waals surface area contributed by atoms with E-state index in [1.54, 1.807) is 0 Å². The molecule has 4 heteroatoms. The monoisotopic (exact) mass is 327 g/mol. The fraction of sp³-hybridized carbons (Fsp3) is 0.500. The third kappa shape index (κ3) is 3.10. The smallest absolute Gasteiger partial charge is 0.307 e. The minimum absolute atomic E-state index is 0.00637. The standard InChI is InChI=1S/C20H25NO3/c1-3-4-13-5-7-14(8-6-13)12(2)21-19(22)17-15-9-10-16(11-15)18(17)20(23)24/h5-10,12,15-18H,3-4,11H2,1-2H3,(H,21,22)(H,23,24)/t12-,15-,16-,17-,18+/m0/s1. The van der Waals surface area contributed by atoms with Crippen LogP contribution in [-0.4, -0.2) is 17.0 Å². The molecule has 24 heavy (non-hydrogen) atoms. The van der Waals surface area contributed by atoms with Crippen LogP contribution in [0.15, 0.2) is 36.4 Å². The quantitative estimate of drug-likeness (QED) is 0.788. The van der Waals surface area contributed by atoms with Crippen LogP contribution in [0.2, 0.25) is 0 Å². The normalized spacial score (nSPS) is 28.8. The Morgan fingerprint density at radius 2 is 1.79 bits per heavy atom. The summed E-state index contributed by atoms with van der Waals surface area (Å²) in [5.74, 6) is -1.95. The molecule has 1 fully saturated rings. The van der Waals surface area contributed by atoms with Gasteiger partial charge in [-0.1, -0.05) is 49.8 Å². The van der Waals surface area contributed by atoms with Crippen LogP contribution in [-0.2, 0) is 16.0 Å². The molecule has 1 aromatic rings. The van der Waals surface area contributed by atoms with E-state index in [1.165, 1.54) is 5.56 Å². The van der Waals surface area contributed by atoms with Gasteiger partial charge in [0, 0.05) is 0 Å². The van der Waals surface area contributed by atoms with Crippen molar-refractivity contribution in [3.63, 3.8) is 0 Å². The number of hydrogen-bond acceptors (Lipinski definition) is 2. The van der Waals surface area contributed by atoms with Crippen molar-refractivity contribution in [2.45, 2.75) is 39.2 Å². The Bertz CT molecular complexity index is 649. The van der Waals surface area contributed by atoms with Crippen molar-refractivity contribution in [1.29, 1.82) is 0 Å². The highest BCUT2D eigenvalue weighted by atomic mass is 16.4. The summed E-state index contributed by atoms with van der Waals surface area (Å²) in [6.07, 6.45) is 6.93. The zero-order chi connectivity index (χ0) is 17.3. The Morgan fingerprint density at radius 3 is 2.38 bits per heavy atom. The summed E-state index contributed by atoms with van der Waals surface area (Å²) in [5.41, 5.74) is 2.35. The molecular weight excluding hydrogens is 302 g/mol. The number of carboxylic acid groups (broad SMARTS) is 1. The van der Waals surface area contributed by atoms with E-state index in [1.807, 2.05) is 31.2 Å². The third-order valence-electron chi connectivity index (χ3n) is 5.42. The lowest BCUT2D eigenvalue weighted by Gasteiger charge is -2.26. The summed E-state index contributed by atoms with van der Waals surface area (Å²) in [4.78, 5) is 24.2. The van der Waals surface area contributed by atoms with Crippen molar-refractivity contribution in [2.75, 3.05) is 0 Å². The van der Waals surface area contributed by atoms with Crippen LogP contribution in [0, 0.1) is 23.7 Å². The predicted octanol–water partition coefficient (Wildman–Crippen LogP) is 3.34. The maximum absolute atomic E-state index is 12.7. The van der Waals surface area contributed by atoms with E-state index in [2.05, 4.69) is 24.4 Å². The fourth-order valence-electron chi connectivity index (χ4n) is 4.17. The van der Waals surface area contributed by atoms with Crippen molar-refractivity contribution in [1.82, 2.24) is 5.32 Å². The van der Waals surface area contributed by atoms with Gasteiger partial charge in [-0.25, -0.2) is 0 Å². The molecule has 0 unspecified atom stereocenters. The fourth-order valence-corrected chi connectivity index (χ4v) is 4.17. The van der Waals surface area contributed by atoms with Gasteiger partial charge in [0.2, 0.25) is 5.91 Å². The third-order valence-corrected chi connectivity index (χ3v) is 5.42. The average molecular weight is 327 g/mol. The molecule has 2 N–H and O–H groups in total.